The summed E-state index contributed by atoms with van der Waals surface area (Å²) in [5.74, 6) is 0.438. The Balaban J connectivity index is 2.24. The first kappa shape index (κ1) is 14.1. The zero-order valence-corrected chi connectivity index (χ0v) is 11.8. The zero-order valence-electron chi connectivity index (χ0n) is 11.0. The lowest BCUT2D eigenvalue weighted by molar-refractivity contribution is -0.0613. The third-order valence-electron chi connectivity index (χ3n) is 3.44. The Morgan fingerprint density at radius 3 is 2.58 bits per heavy atom. The summed E-state index contributed by atoms with van der Waals surface area (Å²) in [6.45, 7) is 2.07. The summed E-state index contributed by atoms with van der Waals surface area (Å²) in [6.07, 6.45) is 0.532. The van der Waals surface area contributed by atoms with Gasteiger partial charge in [-0.2, -0.15) is 4.31 Å². The summed E-state index contributed by atoms with van der Waals surface area (Å²) in [6, 6.07) is 4.35. The number of nitrogens with two attached hydrogens (primary N) is 1. The molecule has 0 atom stereocenters. The van der Waals surface area contributed by atoms with E-state index in [-0.39, 0.29) is 23.7 Å². The quantitative estimate of drug-likeness (QED) is 0.783. The van der Waals surface area contributed by atoms with Gasteiger partial charge in [-0.15, -0.1) is 0 Å². The van der Waals surface area contributed by atoms with Crippen LogP contribution in [0.3, 0.4) is 0 Å². The van der Waals surface area contributed by atoms with E-state index in [1.165, 1.54) is 29.6 Å². The van der Waals surface area contributed by atoms with Gasteiger partial charge in [-0.05, 0) is 24.6 Å². The van der Waals surface area contributed by atoms with Crippen LogP contribution >= 0.6 is 0 Å². The topological polar surface area (TPSA) is 92.9 Å². The molecule has 1 saturated heterocycles. The maximum atomic E-state index is 12.3. The van der Waals surface area contributed by atoms with E-state index in [9.17, 15) is 13.5 Å². The van der Waals surface area contributed by atoms with Gasteiger partial charge in [0, 0.05) is 13.1 Å². The molecule has 0 aliphatic carbocycles. The molecule has 6 nitrogen and oxygen atoms in total. The van der Waals surface area contributed by atoms with Crippen molar-refractivity contribution in [1.29, 1.82) is 0 Å². The maximum absolute atomic E-state index is 12.3. The lowest BCUT2D eigenvalue weighted by Crippen LogP contribution is -2.62. The van der Waals surface area contributed by atoms with Crippen molar-refractivity contribution in [1.82, 2.24) is 4.31 Å². The third-order valence-corrected chi connectivity index (χ3v) is 5.23. The molecule has 1 fully saturated rings. The highest BCUT2D eigenvalue weighted by atomic mass is 32.2. The molecule has 1 heterocycles. The number of β-amino-alcohol motifs (C(OH)–C–C–N with tert-alkyl or cyclic N) is 1. The van der Waals surface area contributed by atoms with Crippen LogP contribution in [0.15, 0.2) is 23.1 Å². The Morgan fingerprint density at radius 2 is 2.11 bits per heavy atom. The van der Waals surface area contributed by atoms with Crippen molar-refractivity contribution >= 4 is 15.7 Å². The summed E-state index contributed by atoms with van der Waals surface area (Å²) in [7, 11) is -2.12. The molecule has 106 valence electrons. The smallest absolute Gasteiger partial charge is 0.243 e. The highest BCUT2D eigenvalue weighted by Gasteiger charge is 2.46. The molecule has 1 aromatic rings. The molecule has 0 saturated carbocycles. The number of methoxy groups -OCH3 is 1. The number of benzene rings is 1. The summed E-state index contributed by atoms with van der Waals surface area (Å²) >= 11 is 0. The van der Waals surface area contributed by atoms with Crippen molar-refractivity contribution in [3.8, 4) is 5.75 Å². The SMILES string of the molecule is CCC1(O)CN(S(=O)(=O)c2ccc(OC)c(N)c2)C1. The van der Waals surface area contributed by atoms with Gasteiger partial charge < -0.3 is 15.6 Å². The van der Waals surface area contributed by atoms with E-state index in [2.05, 4.69) is 0 Å². The van der Waals surface area contributed by atoms with Crippen molar-refractivity contribution in [3.63, 3.8) is 0 Å². The second-order valence-corrected chi connectivity index (χ2v) is 6.69. The Hall–Kier alpha value is -1.31. The second-order valence-electron chi connectivity index (χ2n) is 4.75. The number of aliphatic hydroxyl groups is 1. The van der Waals surface area contributed by atoms with E-state index in [0.29, 0.717) is 12.2 Å². The molecule has 0 aromatic heterocycles. The largest absolute Gasteiger partial charge is 0.495 e. The lowest BCUT2D eigenvalue weighted by atomic mass is 9.94. The van der Waals surface area contributed by atoms with Gasteiger partial charge >= 0.3 is 0 Å². The lowest BCUT2D eigenvalue weighted by Gasteiger charge is -2.44. The fourth-order valence-electron chi connectivity index (χ4n) is 2.03. The monoisotopic (exact) mass is 286 g/mol. The van der Waals surface area contributed by atoms with Gasteiger partial charge in [-0.25, -0.2) is 8.42 Å². The molecular weight excluding hydrogens is 268 g/mol. The molecule has 2 rings (SSSR count). The summed E-state index contributed by atoms with van der Waals surface area (Å²) in [4.78, 5) is 0.115. The average Bonchev–Trinajstić information content (AvgIpc) is 2.34. The van der Waals surface area contributed by atoms with E-state index >= 15 is 0 Å². The molecule has 1 aliphatic heterocycles. The van der Waals surface area contributed by atoms with Crippen LogP contribution in [-0.4, -0.2) is 43.6 Å². The molecule has 0 radical (unpaired) electrons. The van der Waals surface area contributed by atoms with Crippen LogP contribution in [0.2, 0.25) is 0 Å². The van der Waals surface area contributed by atoms with Gasteiger partial charge in [0.15, 0.2) is 0 Å². The van der Waals surface area contributed by atoms with Crippen LogP contribution < -0.4 is 10.5 Å². The van der Waals surface area contributed by atoms with E-state index < -0.39 is 15.6 Å². The maximum Gasteiger partial charge on any atom is 0.243 e. The van der Waals surface area contributed by atoms with Gasteiger partial charge in [0.2, 0.25) is 10.0 Å². The Labute approximate surface area is 112 Å². The minimum absolute atomic E-state index is 0.115. The van der Waals surface area contributed by atoms with Crippen molar-refractivity contribution in [2.75, 3.05) is 25.9 Å². The van der Waals surface area contributed by atoms with Crippen molar-refractivity contribution < 1.29 is 18.3 Å². The van der Waals surface area contributed by atoms with E-state index in [0.717, 1.165) is 0 Å². The number of nitrogens with zero attached hydrogens (tertiary/aromatic N) is 1. The number of ether oxygens (including phenoxy) is 1. The zero-order chi connectivity index (χ0) is 14.3. The van der Waals surface area contributed by atoms with E-state index in [4.69, 9.17) is 10.5 Å². The van der Waals surface area contributed by atoms with Crippen LogP contribution in [0.5, 0.6) is 5.75 Å². The Kier molecular flexibility index (Phi) is 3.46. The van der Waals surface area contributed by atoms with Crippen LogP contribution in [0.4, 0.5) is 5.69 Å². The third kappa shape index (κ3) is 2.41. The first-order chi connectivity index (χ1) is 8.82. The van der Waals surface area contributed by atoms with Gasteiger partial charge in [0.1, 0.15) is 5.75 Å². The average molecular weight is 286 g/mol. The van der Waals surface area contributed by atoms with Crippen LogP contribution in [0.25, 0.3) is 0 Å². The van der Waals surface area contributed by atoms with Gasteiger partial charge in [-0.3, -0.25) is 0 Å². The van der Waals surface area contributed by atoms with Crippen molar-refractivity contribution in [2.24, 2.45) is 0 Å². The number of rotatable bonds is 4. The summed E-state index contributed by atoms with van der Waals surface area (Å²) in [5.41, 5.74) is 5.09. The molecular formula is C12H18N2O4S. The molecule has 0 amide bonds. The van der Waals surface area contributed by atoms with Crippen LogP contribution in [0, 0.1) is 0 Å². The molecule has 0 unspecified atom stereocenters. The first-order valence-electron chi connectivity index (χ1n) is 5.98. The molecule has 0 bridgehead atoms. The number of hydrogen-bond acceptors (Lipinski definition) is 5. The highest BCUT2D eigenvalue weighted by Crippen LogP contribution is 2.32. The number of anilines is 1. The van der Waals surface area contributed by atoms with Crippen molar-refractivity contribution in [3.05, 3.63) is 18.2 Å². The summed E-state index contributed by atoms with van der Waals surface area (Å²) in [5, 5.41) is 9.89. The number of nitrogen functional groups attached to an aromatic ring is 1. The Morgan fingerprint density at radius 1 is 1.47 bits per heavy atom. The fourth-order valence-corrected chi connectivity index (χ4v) is 3.66. The minimum Gasteiger partial charge on any atom is -0.495 e. The molecule has 1 aromatic carbocycles. The first-order valence-corrected chi connectivity index (χ1v) is 7.42. The van der Waals surface area contributed by atoms with Gasteiger partial charge in [-0.1, -0.05) is 6.92 Å². The molecule has 3 N–H and O–H groups in total. The predicted molar refractivity (Wildman–Crippen MR) is 71.4 cm³/mol. The van der Waals surface area contributed by atoms with Crippen LogP contribution in [0.1, 0.15) is 13.3 Å². The standard InChI is InChI=1S/C12H18N2O4S/c1-3-12(15)7-14(8-12)19(16,17)9-4-5-11(18-2)10(13)6-9/h4-6,15H,3,7-8,13H2,1-2H3. The Bertz CT molecular complexity index is 579. The molecule has 1 aliphatic rings. The molecule has 19 heavy (non-hydrogen) atoms. The molecule has 7 heteroatoms. The highest BCUT2D eigenvalue weighted by molar-refractivity contribution is 7.89. The minimum atomic E-state index is -3.59. The van der Waals surface area contributed by atoms with E-state index in [1.54, 1.807) is 0 Å². The van der Waals surface area contributed by atoms with E-state index in [1.807, 2.05) is 6.92 Å². The second kappa shape index (κ2) is 4.66. The number of hydrogen-bond donors (Lipinski definition) is 2. The molecule has 0 spiro atoms. The normalized spacial score (nSPS) is 18.9. The predicted octanol–water partition coefficient (Wildman–Crippen LogP) is 0.423. The van der Waals surface area contributed by atoms with Crippen LogP contribution in [-0.2, 0) is 10.0 Å². The number of sulfonamides is 1. The van der Waals surface area contributed by atoms with Crippen molar-refractivity contribution in [2.45, 2.75) is 23.8 Å². The van der Waals surface area contributed by atoms with Gasteiger partial charge in [0.05, 0.1) is 23.3 Å². The fraction of sp³-hybridized carbons (Fsp3) is 0.500. The van der Waals surface area contributed by atoms with Gasteiger partial charge in [0.25, 0.3) is 0 Å². The summed E-state index contributed by atoms with van der Waals surface area (Å²) < 4.78 is 30.8.